The van der Waals surface area contributed by atoms with Crippen LogP contribution in [0.3, 0.4) is 0 Å². The van der Waals surface area contributed by atoms with Crippen molar-refractivity contribution in [3.63, 3.8) is 0 Å². The van der Waals surface area contributed by atoms with E-state index in [2.05, 4.69) is 10.2 Å². The SMILES string of the molecule is C1C[C@@H](OCC2CC2)CN(C2CCNCC2)C1. The molecule has 1 saturated carbocycles. The van der Waals surface area contributed by atoms with Gasteiger partial charge in [-0.3, -0.25) is 4.90 Å². The van der Waals surface area contributed by atoms with E-state index in [9.17, 15) is 0 Å². The number of hydrogen-bond donors (Lipinski definition) is 1. The lowest BCUT2D eigenvalue weighted by molar-refractivity contribution is -0.0204. The number of hydrogen-bond acceptors (Lipinski definition) is 3. The van der Waals surface area contributed by atoms with Crippen LogP contribution in [0.25, 0.3) is 0 Å². The maximum absolute atomic E-state index is 6.07. The van der Waals surface area contributed by atoms with Gasteiger partial charge >= 0.3 is 0 Å². The molecule has 2 saturated heterocycles. The Hall–Kier alpha value is -0.120. The highest BCUT2D eigenvalue weighted by molar-refractivity contribution is 4.83. The molecule has 3 aliphatic rings. The number of piperidine rings is 2. The van der Waals surface area contributed by atoms with Crippen LogP contribution in [0.2, 0.25) is 0 Å². The summed E-state index contributed by atoms with van der Waals surface area (Å²) >= 11 is 0. The molecule has 0 aromatic rings. The van der Waals surface area contributed by atoms with Crippen LogP contribution in [-0.4, -0.2) is 49.8 Å². The van der Waals surface area contributed by atoms with Crippen LogP contribution in [0.15, 0.2) is 0 Å². The largest absolute Gasteiger partial charge is 0.377 e. The minimum Gasteiger partial charge on any atom is -0.377 e. The van der Waals surface area contributed by atoms with E-state index in [-0.39, 0.29) is 0 Å². The minimum atomic E-state index is 0.527. The molecule has 0 radical (unpaired) electrons. The van der Waals surface area contributed by atoms with Crippen LogP contribution >= 0.6 is 0 Å². The summed E-state index contributed by atoms with van der Waals surface area (Å²) < 4.78 is 6.07. The third-order valence-electron chi connectivity index (χ3n) is 4.50. The smallest absolute Gasteiger partial charge is 0.0702 e. The lowest BCUT2D eigenvalue weighted by atomic mass is 10.00. The molecule has 0 unspecified atom stereocenters. The molecule has 3 nitrogen and oxygen atoms in total. The maximum Gasteiger partial charge on any atom is 0.0702 e. The van der Waals surface area contributed by atoms with Gasteiger partial charge in [-0.2, -0.15) is 0 Å². The van der Waals surface area contributed by atoms with Crippen LogP contribution in [-0.2, 0) is 4.74 Å². The van der Waals surface area contributed by atoms with E-state index in [0.717, 1.165) is 18.6 Å². The molecule has 17 heavy (non-hydrogen) atoms. The highest BCUT2D eigenvalue weighted by Crippen LogP contribution is 2.30. The Labute approximate surface area is 105 Å². The van der Waals surface area contributed by atoms with Gasteiger partial charge in [0.15, 0.2) is 0 Å². The van der Waals surface area contributed by atoms with Crippen LogP contribution in [0.5, 0.6) is 0 Å². The van der Waals surface area contributed by atoms with Crippen molar-refractivity contribution in [2.45, 2.75) is 50.7 Å². The van der Waals surface area contributed by atoms with Gasteiger partial charge in [0.25, 0.3) is 0 Å². The standard InChI is InChI=1S/C14H26N2O/c1-2-14(17-11-12-3-4-12)10-16(9-1)13-5-7-15-8-6-13/h12-15H,1-11H2/t14-/m1/s1. The fourth-order valence-corrected chi connectivity index (χ4v) is 3.16. The summed E-state index contributed by atoms with van der Waals surface area (Å²) in [5.74, 6) is 0.907. The van der Waals surface area contributed by atoms with Crippen molar-refractivity contribution >= 4 is 0 Å². The third-order valence-corrected chi connectivity index (χ3v) is 4.50. The molecule has 1 N–H and O–H groups in total. The van der Waals surface area contributed by atoms with E-state index in [1.54, 1.807) is 0 Å². The second-order valence-electron chi connectivity index (χ2n) is 6.02. The molecule has 2 aliphatic heterocycles. The Bertz CT molecular complexity index is 236. The fraction of sp³-hybridized carbons (Fsp3) is 1.00. The molecule has 0 amide bonds. The Balaban J connectivity index is 1.44. The van der Waals surface area contributed by atoms with Crippen molar-refractivity contribution in [1.29, 1.82) is 0 Å². The lowest BCUT2D eigenvalue weighted by Gasteiger charge is -2.40. The molecular formula is C14H26N2O. The molecule has 98 valence electrons. The third kappa shape index (κ3) is 3.43. The van der Waals surface area contributed by atoms with Gasteiger partial charge in [-0.1, -0.05) is 0 Å². The van der Waals surface area contributed by atoms with E-state index < -0.39 is 0 Å². The molecule has 0 spiro atoms. The van der Waals surface area contributed by atoms with E-state index in [1.807, 2.05) is 0 Å². The summed E-state index contributed by atoms with van der Waals surface area (Å²) in [5, 5.41) is 3.46. The quantitative estimate of drug-likeness (QED) is 0.805. The second kappa shape index (κ2) is 5.68. The van der Waals surface area contributed by atoms with Crippen molar-refractivity contribution in [3.05, 3.63) is 0 Å². The van der Waals surface area contributed by atoms with Gasteiger partial charge in [0.1, 0.15) is 0 Å². The first-order valence-electron chi connectivity index (χ1n) is 7.48. The molecule has 3 fully saturated rings. The van der Waals surface area contributed by atoms with Gasteiger partial charge < -0.3 is 10.1 Å². The predicted molar refractivity (Wildman–Crippen MR) is 69.2 cm³/mol. The van der Waals surface area contributed by atoms with E-state index >= 15 is 0 Å². The Morgan fingerprint density at radius 1 is 1.06 bits per heavy atom. The van der Waals surface area contributed by atoms with Crippen molar-refractivity contribution in [2.75, 3.05) is 32.8 Å². The molecule has 0 aromatic carbocycles. The Morgan fingerprint density at radius 2 is 1.88 bits per heavy atom. The predicted octanol–water partition coefficient (Wildman–Crippen LogP) is 1.63. The monoisotopic (exact) mass is 238 g/mol. The Kier molecular flexibility index (Phi) is 3.99. The number of ether oxygens (including phenoxy) is 1. The van der Waals surface area contributed by atoms with Crippen LogP contribution in [0, 0.1) is 5.92 Å². The summed E-state index contributed by atoms with van der Waals surface area (Å²) in [6, 6.07) is 0.823. The minimum absolute atomic E-state index is 0.527. The van der Waals surface area contributed by atoms with E-state index in [1.165, 1.54) is 64.7 Å². The number of nitrogens with one attached hydrogen (secondary N) is 1. The highest BCUT2D eigenvalue weighted by Gasteiger charge is 2.29. The average molecular weight is 238 g/mol. The van der Waals surface area contributed by atoms with Gasteiger partial charge in [0, 0.05) is 19.2 Å². The summed E-state index contributed by atoms with van der Waals surface area (Å²) in [6.45, 7) is 5.93. The average Bonchev–Trinajstić information content (AvgIpc) is 3.22. The van der Waals surface area contributed by atoms with E-state index in [0.29, 0.717) is 6.10 Å². The second-order valence-corrected chi connectivity index (χ2v) is 6.02. The van der Waals surface area contributed by atoms with Crippen LogP contribution < -0.4 is 5.32 Å². The number of rotatable bonds is 4. The summed E-state index contributed by atoms with van der Waals surface area (Å²) in [5.41, 5.74) is 0. The number of nitrogens with zero attached hydrogens (tertiary/aromatic N) is 1. The van der Waals surface area contributed by atoms with Crippen molar-refractivity contribution < 1.29 is 4.74 Å². The number of likely N-dealkylation sites (tertiary alicyclic amines) is 1. The Morgan fingerprint density at radius 3 is 2.65 bits per heavy atom. The van der Waals surface area contributed by atoms with Gasteiger partial charge in [-0.05, 0) is 64.1 Å². The first kappa shape index (κ1) is 11.9. The molecular weight excluding hydrogens is 212 g/mol. The zero-order valence-corrected chi connectivity index (χ0v) is 10.9. The van der Waals surface area contributed by atoms with Gasteiger partial charge in [-0.25, -0.2) is 0 Å². The zero-order chi connectivity index (χ0) is 11.5. The molecule has 2 heterocycles. The van der Waals surface area contributed by atoms with Gasteiger partial charge in [0.2, 0.25) is 0 Å². The lowest BCUT2D eigenvalue weighted by Crippen LogP contribution is -2.49. The fourth-order valence-electron chi connectivity index (χ4n) is 3.16. The van der Waals surface area contributed by atoms with Crippen molar-refractivity contribution in [1.82, 2.24) is 10.2 Å². The van der Waals surface area contributed by atoms with Crippen molar-refractivity contribution in [2.24, 2.45) is 5.92 Å². The molecule has 3 rings (SSSR count). The first-order valence-corrected chi connectivity index (χ1v) is 7.48. The molecule has 1 aliphatic carbocycles. The van der Waals surface area contributed by atoms with Crippen LogP contribution in [0.1, 0.15) is 38.5 Å². The van der Waals surface area contributed by atoms with Gasteiger partial charge in [-0.15, -0.1) is 0 Å². The molecule has 0 bridgehead atoms. The molecule has 1 atom stereocenters. The topological polar surface area (TPSA) is 24.5 Å². The maximum atomic E-state index is 6.07. The summed E-state index contributed by atoms with van der Waals surface area (Å²) in [7, 11) is 0. The van der Waals surface area contributed by atoms with Gasteiger partial charge in [0.05, 0.1) is 6.10 Å². The van der Waals surface area contributed by atoms with E-state index in [4.69, 9.17) is 4.74 Å². The molecule has 0 aromatic heterocycles. The summed E-state index contributed by atoms with van der Waals surface area (Å²) in [6.07, 6.45) is 8.62. The summed E-state index contributed by atoms with van der Waals surface area (Å²) in [4.78, 5) is 2.70. The van der Waals surface area contributed by atoms with Crippen LogP contribution in [0.4, 0.5) is 0 Å². The highest BCUT2D eigenvalue weighted by atomic mass is 16.5. The zero-order valence-electron chi connectivity index (χ0n) is 10.9. The van der Waals surface area contributed by atoms with Crippen molar-refractivity contribution in [3.8, 4) is 0 Å². The normalized spacial score (nSPS) is 32.8. The molecule has 3 heteroatoms. The first-order chi connectivity index (χ1) is 8.42.